The van der Waals surface area contributed by atoms with Crippen LogP contribution in [0.2, 0.25) is 0 Å². The monoisotopic (exact) mass is 873 g/mol. The molecule has 1 aliphatic rings. The smallest absolute Gasteiger partial charge is 0.0328 e. The second-order valence-electron chi connectivity index (χ2n) is 23.3. The van der Waals surface area contributed by atoms with Crippen LogP contribution in [0.15, 0.2) is 0 Å². The fourth-order valence-electron chi connectivity index (χ4n) is 10.6. The zero-order valence-electron chi connectivity index (χ0n) is 44.3. The highest BCUT2D eigenvalue weighted by Crippen LogP contribution is 2.47. The Bertz CT molecular complexity index is 2050. The van der Waals surface area contributed by atoms with Crippen LogP contribution in [-0.2, 0) is 25.7 Å². The van der Waals surface area contributed by atoms with E-state index in [9.17, 15) is 20.8 Å². The van der Waals surface area contributed by atoms with Crippen LogP contribution in [0.4, 0.5) is 22.7 Å². The second-order valence-corrected chi connectivity index (χ2v) is 23.3. The first-order chi connectivity index (χ1) is 29.0. The van der Waals surface area contributed by atoms with Gasteiger partial charge in [0.2, 0.25) is 0 Å². The topological polar surface area (TPSA) is 105 Å². The zero-order chi connectivity index (χ0) is 49.0. The van der Waals surface area contributed by atoms with E-state index in [0.29, 0.717) is 48.4 Å². The number of benzene rings is 4. The third-order valence-corrected chi connectivity index (χ3v) is 14.7. The molecule has 0 unspecified atom stereocenters. The van der Waals surface area contributed by atoms with Crippen molar-refractivity contribution in [1.82, 2.24) is 0 Å². The molecule has 1 aliphatic carbocycles. The van der Waals surface area contributed by atoms with E-state index in [0.717, 1.165) is 111 Å². The van der Waals surface area contributed by atoms with Crippen LogP contribution in [0.5, 0.6) is 0 Å². The first-order valence-corrected chi connectivity index (χ1v) is 23.3. The highest BCUT2D eigenvalue weighted by molar-refractivity contribution is 5.76. The highest BCUT2D eigenvalue weighted by Gasteiger charge is 2.31. The van der Waals surface area contributed by atoms with E-state index < -0.39 is 22.2 Å². The summed E-state index contributed by atoms with van der Waals surface area (Å²) in [4.78, 5) is 0. The summed E-state index contributed by atoms with van der Waals surface area (Å²) < 4.78 is 0. The molecule has 8 bridgehead atoms. The fourth-order valence-corrected chi connectivity index (χ4v) is 10.6. The van der Waals surface area contributed by atoms with E-state index in [1.807, 2.05) is 83.1 Å². The average Bonchev–Trinajstić information content (AvgIpc) is 3.14. The third kappa shape index (κ3) is 8.58. The number of hydrogen-bond acceptors (Lipinski definition) is 8. The minimum absolute atomic E-state index is 0.521. The molecular weight excluding hydrogens is 793 g/mol. The Hall–Kier alpha value is -4.08. The summed E-state index contributed by atoms with van der Waals surface area (Å²) in [5.74, 6) is 0. The van der Waals surface area contributed by atoms with Crippen molar-refractivity contribution in [3.8, 4) is 0 Å². The molecular formula is C56H80N4O4-4. The molecule has 0 saturated carbocycles. The van der Waals surface area contributed by atoms with Gasteiger partial charge >= 0.3 is 0 Å². The van der Waals surface area contributed by atoms with Gasteiger partial charge in [0.1, 0.15) is 0 Å². The molecule has 0 aromatic heterocycles. The van der Waals surface area contributed by atoms with Gasteiger partial charge in [-0.25, -0.2) is 0 Å². The Kier molecular flexibility index (Phi) is 13.5. The number of anilines is 4. The minimum Gasteiger partial charge on any atom is -0.758 e. The van der Waals surface area contributed by atoms with E-state index in [1.54, 1.807) is 0 Å². The Morgan fingerprint density at radius 1 is 0.234 bits per heavy atom. The van der Waals surface area contributed by atoms with Gasteiger partial charge in [-0.1, -0.05) is 0 Å². The lowest BCUT2D eigenvalue weighted by Gasteiger charge is -2.47. The summed E-state index contributed by atoms with van der Waals surface area (Å²) >= 11 is 0. The molecule has 0 N–H and O–H groups in total. The molecule has 0 aliphatic heterocycles. The van der Waals surface area contributed by atoms with E-state index in [2.05, 4.69) is 83.1 Å². The maximum Gasteiger partial charge on any atom is 0.0328 e. The molecule has 4 aromatic carbocycles. The summed E-state index contributed by atoms with van der Waals surface area (Å²) in [6, 6.07) is 0. The molecule has 0 saturated heterocycles. The SMILES string of the molecule is Cc1c2c(C)c(N([O-])C(C)(C)C)c(C)c1Cc1c(C)c(c(C)c(N([O-])C(C)(C)C)c1C)Cc1c(C)c(c(C)c(N([O-])C(C)(C)C)c1C)Cc1c(C)c(c(C)c(N([O-])C(C)(C)C)c1C)C2. The van der Waals surface area contributed by atoms with Crippen molar-refractivity contribution in [3.05, 3.63) is 132 Å². The molecule has 5 rings (SSSR count). The van der Waals surface area contributed by atoms with Crippen LogP contribution in [0.25, 0.3) is 0 Å². The van der Waals surface area contributed by atoms with Crippen LogP contribution in [0, 0.1) is 104 Å². The molecule has 4 aromatic rings. The first kappa shape index (κ1) is 50.9. The molecule has 8 heteroatoms. The molecule has 0 radical (unpaired) electrons. The van der Waals surface area contributed by atoms with Gasteiger partial charge in [-0.3, -0.25) is 0 Å². The highest BCUT2D eigenvalue weighted by atomic mass is 16.5. The van der Waals surface area contributed by atoms with Crippen molar-refractivity contribution >= 4 is 22.7 Å². The van der Waals surface area contributed by atoms with Gasteiger partial charge in [0.05, 0.1) is 0 Å². The van der Waals surface area contributed by atoms with Gasteiger partial charge in [-0.2, -0.15) is 0 Å². The number of hydrogen-bond donors (Lipinski definition) is 0. The van der Waals surface area contributed by atoms with E-state index >= 15 is 0 Å². The lowest BCUT2D eigenvalue weighted by atomic mass is 9.77. The van der Waals surface area contributed by atoms with Gasteiger partial charge in [-0.05, 0) is 303 Å². The number of fused-ring (bicyclic) bond motifs is 8. The summed E-state index contributed by atoms with van der Waals surface area (Å²) in [5, 5.41) is 63.4. The number of nitrogens with zero attached hydrogens (tertiary/aromatic N) is 4. The molecule has 0 spiro atoms. The molecule has 0 heterocycles. The van der Waals surface area contributed by atoms with Gasteiger partial charge in [-0.15, -0.1) is 0 Å². The Balaban J connectivity index is 2.12. The van der Waals surface area contributed by atoms with Crippen LogP contribution < -0.4 is 20.3 Å². The number of hydroxylamine groups is 4. The van der Waals surface area contributed by atoms with Crippen molar-refractivity contribution in [2.75, 3.05) is 20.3 Å². The van der Waals surface area contributed by atoms with Crippen molar-refractivity contribution in [3.63, 3.8) is 0 Å². The zero-order valence-corrected chi connectivity index (χ0v) is 44.3. The molecule has 8 nitrogen and oxygen atoms in total. The molecule has 352 valence electrons. The molecule has 0 fully saturated rings. The van der Waals surface area contributed by atoms with Crippen LogP contribution >= 0.6 is 0 Å². The summed E-state index contributed by atoms with van der Waals surface area (Å²) in [6.45, 7) is 49.0. The lowest BCUT2D eigenvalue weighted by Crippen LogP contribution is -2.38. The molecule has 64 heavy (non-hydrogen) atoms. The third-order valence-electron chi connectivity index (χ3n) is 14.7. The van der Waals surface area contributed by atoms with Crippen LogP contribution in [0.1, 0.15) is 194 Å². The minimum atomic E-state index is -0.709. The van der Waals surface area contributed by atoms with Gasteiger partial charge in [0.25, 0.3) is 0 Å². The van der Waals surface area contributed by atoms with E-state index in [1.165, 1.54) is 20.3 Å². The maximum atomic E-state index is 14.7. The normalized spacial score (nSPS) is 13.7. The van der Waals surface area contributed by atoms with Gasteiger partial charge in [0, 0.05) is 44.9 Å². The Morgan fingerprint density at radius 3 is 0.438 bits per heavy atom. The van der Waals surface area contributed by atoms with Crippen molar-refractivity contribution in [2.45, 2.75) is 214 Å². The van der Waals surface area contributed by atoms with Crippen molar-refractivity contribution in [1.29, 1.82) is 0 Å². The Morgan fingerprint density at radius 2 is 0.344 bits per heavy atom. The van der Waals surface area contributed by atoms with Crippen molar-refractivity contribution < 1.29 is 0 Å². The fraction of sp³-hybridized carbons (Fsp3) is 0.571. The number of rotatable bonds is 4. The Labute approximate surface area is 387 Å². The largest absolute Gasteiger partial charge is 0.758 e. The average molecular weight is 873 g/mol. The summed E-state index contributed by atoms with van der Waals surface area (Å²) in [5.41, 5.74) is 20.5. The van der Waals surface area contributed by atoms with E-state index in [-0.39, 0.29) is 0 Å². The first-order valence-electron chi connectivity index (χ1n) is 23.3. The standard InChI is InChI=1S/C56H80N4O4/c1-29-41-25-43-30(2)45(37(9)50(35(43)7)58(62)54(16,17)18)27-47-32(4)48(40(12)52(39(47)11)60(64)56(22,23)24)28-46-31(3)44(36(8)51(38(46)10)59(63)55(19,20)21)26-42(29)34(6)49(33(41)5)57(61)53(13,14)15/h25-28H2,1-24H3/q-4. The van der Waals surface area contributed by atoms with Gasteiger partial charge < -0.3 is 41.1 Å². The van der Waals surface area contributed by atoms with Crippen LogP contribution in [0.3, 0.4) is 0 Å². The summed E-state index contributed by atoms with van der Waals surface area (Å²) in [6.07, 6.45) is 2.08. The second kappa shape index (κ2) is 17.0. The lowest BCUT2D eigenvalue weighted by molar-refractivity contribution is 0.554. The maximum absolute atomic E-state index is 14.7. The predicted molar refractivity (Wildman–Crippen MR) is 276 cm³/mol. The molecule has 0 amide bonds. The van der Waals surface area contributed by atoms with Crippen molar-refractivity contribution in [2.24, 2.45) is 0 Å². The predicted octanol–water partition coefficient (Wildman–Crippen LogP) is 14.5. The molecule has 0 atom stereocenters. The summed E-state index contributed by atoms with van der Waals surface area (Å²) in [7, 11) is 0. The van der Waals surface area contributed by atoms with Crippen LogP contribution in [-0.4, -0.2) is 22.2 Å². The van der Waals surface area contributed by atoms with E-state index in [4.69, 9.17) is 0 Å². The van der Waals surface area contributed by atoms with Gasteiger partial charge in [0.15, 0.2) is 0 Å². The quantitative estimate of drug-likeness (QED) is 0.164.